The Balaban J connectivity index is 1.85. The Morgan fingerprint density at radius 1 is 1.06 bits per heavy atom. The van der Waals surface area contributed by atoms with E-state index in [-0.39, 0.29) is 5.57 Å². The van der Waals surface area contributed by atoms with Crippen LogP contribution in [0.25, 0.3) is 6.08 Å². The molecule has 1 amide bonds. The van der Waals surface area contributed by atoms with Crippen molar-refractivity contribution in [2.75, 3.05) is 12.4 Å². The van der Waals surface area contributed by atoms with Crippen LogP contribution in [0, 0.1) is 25.2 Å². The second-order valence-corrected chi connectivity index (χ2v) is 7.68. The van der Waals surface area contributed by atoms with Gasteiger partial charge in [-0.05, 0) is 73.0 Å². The predicted octanol–water partition coefficient (Wildman–Crippen LogP) is 6.09. The number of aryl methyl sites for hydroxylation is 2. The summed E-state index contributed by atoms with van der Waals surface area (Å²) in [6.07, 6.45) is 1.50. The minimum Gasteiger partial charge on any atom is -0.497 e. The number of halogens is 1. The summed E-state index contributed by atoms with van der Waals surface area (Å²) < 4.78 is 11.3. The number of amides is 1. The number of carbonyl (C=O) groups excluding carboxylic acids is 1. The molecule has 5 nitrogen and oxygen atoms in total. The number of ether oxygens (including phenoxy) is 2. The van der Waals surface area contributed by atoms with Crippen molar-refractivity contribution in [3.05, 3.63) is 93.5 Å². The van der Waals surface area contributed by atoms with Crippen LogP contribution in [0.2, 0.25) is 5.02 Å². The largest absolute Gasteiger partial charge is 0.497 e. The molecule has 0 unspecified atom stereocenters. The van der Waals surface area contributed by atoms with Crippen molar-refractivity contribution in [3.63, 3.8) is 0 Å². The van der Waals surface area contributed by atoms with Crippen molar-refractivity contribution in [1.82, 2.24) is 0 Å². The van der Waals surface area contributed by atoms with Crippen LogP contribution in [0.5, 0.6) is 11.5 Å². The maximum Gasteiger partial charge on any atom is 0.266 e. The first-order valence-electron chi connectivity index (χ1n) is 9.95. The first-order chi connectivity index (χ1) is 15.4. The van der Waals surface area contributed by atoms with Crippen LogP contribution in [0.15, 0.2) is 66.2 Å². The number of rotatable bonds is 7. The number of nitriles is 1. The van der Waals surface area contributed by atoms with Gasteiger partial charge >= 0.3 is 0 Å². The van der Waals surface area contributed by atoms with E-state index in [1.807, 2.05) is 12.1 Å². The molecule has 3 aromatic carbocycles. The number of carbonyl (C=O) groups is 1. The van der Waals surface area contributed by atoms with Crippen LogP contribution < -0.4 is 14.8 Å². The van der Waals surface area contributed by atoms with Crippen LogP contribution in [0.4, 0.5) is 5.69 Å². The summed E-state index contributed by atoms with van der Waals surface area (Å²) >= 11 is 5.88. The molecule has 0 saturated carbocycles. The van der Waals surface area contributed by atoms with Crippen molar-refractivity contribution in [2.24, 2.45) is 0 Å². The maximum absolute atomic E-state index is 12.6. The second-order valence-electron chi connectivity index (χ2n) is 7.24. The van der Waals surface area contributed by atoms with E-state index >= 15 is 0 Å². The van der Waals surface area contributed by atoms with Crippen molar-refractivity contribution in [3.8, 4) is 17.6 Å². The van der Waals surface area contributed by atoms with Gasteiger partial charge in [-0.25, -0.2) is 0 Å². The zero-order valence-corrected chi connectivity index (χ0v) is 18.9. The average molecular weight is 447 g/mol. The van der Waals surface area contributed by atoms with E-state index in [9.17, 15) is 10.1 Å². The highest BCUT2D eigenvalue weighted by Gasteiger charge is 2.13. The number of benzene rings is 3. The summed E-state index contributed by atoms with van der Waals surface area (Å²) in [6.45, 7) is 4.45. The summed E-state index contributed by atoms with van der Waals surface area (Å²) in [6, 6.07) is 20.0. The molecule has 0 aromatic heterocycles. The number of nitrogens with one attached hydrogen (secondary N) is 1. The molecule has 0 heterocycles. The van der Waals surface area contributed by atoms with Crippen LogP contribution in [-0.2, 0) is 11.4 Å². The average Bonchev–Trinajstić information content (AvgIpc) is 2.80. The SMILES string of the molecule is COc1ccc(/C=C(\C#N)C(=O)Nc2ccc(Cl)cc2)c(OCc2ccc(C)c(C)c2)c1. The highest BCUT2D eigenvalue weighted by molar-refractivity contribution is 6.30. The van der Waals surface area contributed by atoms with E-state index in [0.717, 1.165) is 5.56 Å². The number of hydrogen-bond donors (Lipinski definition) is 1. The summed E-state index contributed by atoms with van der Waals surface area (Å²) in [4.78, 5) is 12.6. The lowest BCUT2D eigenvalue weighted by atomic mass is 10.1. The predicted molar refractivity (Wildman–Crippen MR) is 127 cm³/mol. The van der Waals surface area contributed by atoms with Gasteiger partial charge in [-0.3, -0.25) is 4.79 Å². The third-order valence-corrected chi connectivity index (χ3v) is 5.21. The Kier molecular flexibility index (Phi) is 7.54. The lowest BCUT2D eigenvalue weighted by Crippen LogP contribution is -2.13. The number of nitrogens with zero attached hydrogens (tertiary/aromatic N) is 1. The van der Waals surface area contributed by atoms with Crippen molar-refractivity contribution in [1.29, 1.82) is 5.26 Å². The van der Waals surface area contributed by atoms with Crippen LogP contribution >= 0.6 is 11.6 Å². The minimum absolute atomic E-state index is 0.0545. The fourth-order valence-electron chi connectivity index (χ4n) is 2.98. The number of hydrogen-bond acceptors (Lipinski definition) is 4. The molecule has 3 aromatic rings. The molecular formula is C26H23ClN2O3. The molecule has 0 atom stereocenters. The standard InChI is InChI=1S/C26H23ClN2O3/c1-17-4-5-19(12-18(17)2)16-32-25-14-24(31-3)11-6-20(25)13-21(15-28)26(30)29-23-9-7-22(27)8-10-23/h4-14H,16H2,1-3H3,(H,29,30)/b21-13+. The Bertz CT molecular complexity index is 1190. The third kappa shape index (κ3) is 5.90. The molecule has 3 rings (SSSR count). The van der Waals surface area contributed by atoms with Gasteiger partial charge in [0.1, 0.15) is 29.7 Å². The van der Waals surface area contributed by atoms with E-state index in [1.54, 1.807) is 49.6 Å². The van der Waals surface area contributed by atoms with E-state index in [4.69, 9.17) is 21.1 Å². The molecule has 0 aliphatic rings. The van der Waals surface area contributed by atoms with Crippen LogP contribution in [0.1, 0.15) is 22.3 Å². The fourth-order valence-corrected chi connectivity index (χ4v) is 3.10. The van der Waals surface area contributed by atoms with Gasteiger partial charge in [0, 0.05) is 22.3 Å². The zero-order valence-electron chi connectivity index (χ0n) is 18.1. The van der Waals surface area contributed by atoms with Gasteiger partial charge in [-0.1, -0.05) is 29.8 Å². The lowest BCUT2D eigenvalue weighted by Gasteiger charge is -2.13. The Hall–Kier alpha value is -3.75. The normalized spacial score (nSPS) is 10.9. The molecule has 0 bridgehead atoms. The van der Waals surface area contributed by atoms with Crippen molar-refractivity contribution in [2.45, 2.75) is 20.5 Å². The van der Waals surface area contributed by atoms with Gasteiger partial charge in [-0.15, -0.1) is 0 Å². The second kappa shape index (κ2) is 10.5. The molecule has 6 heteroatoms. The molecular weight excluding hydrogens is 424 g/mol. The smallest absolute Gasteiger partial charge is 0.266 e. The minimum atomic E-state index is -0.522. The van der Waals surface area contributed by atoms with Gasteiger partial charge in [0.2, 0.25) is 0 Å². The van der Waals surface area contributed by atoms with Gasteiger partial charge in [0.05, 0.1) is 7.11 Å². The molecule has 1 N–H and O–H groups in total. The first kappa shape index (κ1) is 22.9. The van der Waals surface area contributed by atoms with Crippen LogP contribution in [0.3, 0.4) is 0 Å². The van der Waals surface area contributed by atoms with E-state index in [2.05, 4.69) is 31.3 Å². The van der Waals surface area contributed by atoms with E-state index in [0.29, 0.717) is 34.4 Å². The van der Waals surface area contributed by atoms with Crippen molar-refractivity contribution < 1.29 is 14.3 Å². The molecule has 0 aliphatic heterocycles. The third-order valence-electron chi connectivity index (χ3n) is 4.95. The van der Waals surface area contributed by atoms with E-state index < -0.39 is 5.91 Å². The molecule has 0 fully saturated rings. The Morgan fingerprint density at radius 3 is 2.47 bits per heavy atom. The van der Waals surface area contributed by atoms with Gasteiger partial charge in [-0.2, -0.15) is 5.26 Å². The van der Waals surface area contributed by atoms with Crippen LogP contribution in [-0.4, -0.2) is 13.0 Å². The molecule has 32 heavy (non-hydrogen) atoms. The van der Waals surface area contributed by atoms with Gasteiger partial charge in [0.25, 0.3) is 5.91 Å². The first-order valence-corrected chi connectivity index (χ1v) is 10.3. The Labute approximate surface area is 192 Å². The quantitative estimate of drug-likeness (QED) is 0.352. The zero-order chi connectivity index (χ0) is 23.1. The highest BCUT2D eigenvalue weighted by Crippen LogP contribution is 2.28. The summed E-state index contributed by atoms with van der Waals surface area (Å²) in [5.41, 5.74) is 4.50. The van der Waals surface area contributed by atoms with Crippen molar-refractivity contribution >= 4 is 29.3 Å². The molecule has 0 radical (unpaired) electrons. The fraction of sp³-hybridized carbons (Fsp3) is 0.154. The molecule has 0 saturated heterocycles. The van der Waals surface area contributed by atoms with Gasteiger partial charge < -0.3 is 14.8 Å². The lowest BCUT2D eigenvalue weighted by molar-refractivity contribution is -0.112. The molecule has 0 spiro atoms. The summed E-state index contributed by atoms with van der Waals surface area (Å²) in [7, 11) is 1.57. The Morgan fingerprint density at radius 2 is 1.81 bits per heavy atom. The van der Waals surface area contributed by atoms with E-state index in [1.165, 1.54) is 17.2 Å². The molecule has 0 aliphatic carbocycles. The monoisotopic (exact) mass is 446 g/mol. The number of methoxy groups -OCH3 is 1. The number of anilines is 1. The summed E-state index contributed by atoms with van der Waals surface area (Å²) in [5.74, 6) is 0.599. The highest BCUT2D eigenvalue weighted by atomic mass is 35.5. The maximum atomic E-state index is 12.6. The van der Waals surface area contributed by atoms with Gasteiger partial charge in [0.15, 0.2) is 0 Å². The summed E-state index contributed by atoms with van der Waals surface area (Å²) in [5, 5.41) is 12.8. The molecule has 162 valence electrons. The topological polar surface area (TPSA) is 71.3 Å².